The third-order valence-electron chi connectivity index (χ3n) is 3.91. The van der Waals surface area contributed by atoms with Crippen LogP contribution in [0.1, 0.15) is 40.4 Å². The largest absolute Gasteiger partial charge is 0.618 e. The van der Waals surface area contributed by atoms with E-state index in [0.717, 1.165) is 0 Å². The summed E-state index contributed by atoms with van der Waals surface area (Å²) in [6.07, 6.45) is 0. The van der Waals surface area contributed by atoms with Crippen LogP contribution < -0.4 is 9.47 Å². The van der Waals surface area contributed by atoms with Crippen LogP contribution >= 0.6 is 0 Å². The van der Waals surface area contributed by atoms with Gasteiger partial charge in [-0.1, -0.05) is 24.3 Å². The molecule has 0 aliphatic heterocycles. The van der Waals surface area contributed by atoms with E-state index in [-0.39, 0.29) is 29.1 Å². The van der Waals surface area contributed by atoms with Crippen molar-refractivity contribution in [3.63, 3.8) is 0 Å². The molecule has 0 aliphatic rings. The van der Waals surface area contributed by atoms with Gasteiger partial charge in [-0.05, 0) is 25.1 Å². The van der Waals surface area contributed by atoms with Crippen LogP contribution in [-0.2, 0) is 11.3 Å². The molecule has 0 atom stereocenters. The van der Waals surface area contributed by atoms with Gasteiger partial charge in [0.15, 0.2) is 5.69 Å². The molecule has 0 N–H and O–H groups in total. The number of esters is 1. The fraction of sp³-hybridized carbons (Fsp3) is 0.200. The van der Waals surface area contributed by atoms with Crippen LogP contribution in [0.25, 0.3) is 11.0 Å². The van der Waals surface area contributed by atoms with Crippen LogP contribution in [0.2, 0.25) is 0 Å². The molecule has 1 heterocycles. The molecule has 0 saturated heterocycles. The number of hydrogen-bond donors (Lipinski definition) is 0. The Kier molecular flexibility index (Phi) is 5.30. The van der Waals surface area contributed by atoms with Crippen molar-refractivity contribution in [1.82, 2.24) is 4.98 Å². The minimum Gasteiger partial charge on any atom is -0.618 e. The van der Waals surface area contributed by atoms with Gasteiger partial charge in [0.05, 0.1) is 6.61 Å². The summed E-state index contributed by atoms with van der Waals surface area (Å²) >= 11 is 0. The first-order valence-corrected chi connectivity index (χ1v) is 8.44. The number of carbonyl (C=O) groups excluding carboxylic acids is 2. The van der Waals surface area contributed by atoms with Crippen molar-refractivity contribution >= 4 is 22.8 Å². The minimum absolute atomic E-state index is 0.110. The summed E-state index contributed by atoms with van der Waals surface area (Å²) in [7, 11) is 0. The van der Waals surface area contributed by atoms with Gasteiger partial charge in [0.25, 0.3) is 5.69 Å². The molecule has 7 nitrogen and oxygen atoms in total. The van der Waals surface area contributed by atoms with E-state index in [1.165, 1.54) is 6.92 Å². The van der Waals surface area contributed by atoms with Gasteiger partial charge in [-0.15, -0.1) is 0 Å². The van der Waals surface area contributed by atoms with E-state index in [1.54, 1.807) is 48.5 Å². The SMILES string of the molecule is CCOc1ccccc1C(=O)OCc1nc2ccccc2[n+]([O-])c1C(C)=O. The van der Waals surface area contributed by atoms with Gasteiger partial charge in [-0.3, -0.25) is 4.79 Å². The van der Waals surface area contributed by atoms with Crippen LogP contribution in [0.4, 0.5) is 0 Å². The van der Waals surface area contributed by atoms with Crippen molar-refractivity contribution in [2.45, 2.75) is 20.5 Å². The Morgan fingerprint density at radius 2 is 1.81 bits per heavy atom. The average molecular weight is 366 g/mol. The minimum atomic E-state index is -0.624. The first kappa shape index (κ1) is 18.3. The second-order valence-corrected chi connectivity index (χ2v) is 5.75. The smallest absolute Gasteiger partial charge is 0.342 e. The van der Waals surface area contributed by atoms with Crippen LogP contribution in [0.5, 0.6) is 5.75 Å². The molecule has 0 amide bonds. The number of nitrogens with zero attached hydrogens (tertiary/aromatic N) is 2. The standard InChI is InChI=1S/C20H18N2O5/c1-3-26-18-11-7-4-8-14(18)20(24)27-12-16-19(13(2)23)22(25)17-10-6-5-9-15(17)21-16/h4-11H,3,12H2,1-2H3. The van der Waals surface area contributed by atoms with Crippen LogP contribution in [0, 0.1) is 5.21 Å². The van der Waals surface area contributed by atoms with Crippen molar-refractivity contribution in [2.75, 3.05) is 6.61 Å². The number of ketones is 1. The number of fused-ring (bicyclic) bond motifs is 1. The maximum absolute atomic E-state index is 12.5. The van der Waals surface area contributed by atoms with Gasteiger partial charge >= 0.3 is 5.97 Å². The van der Waals surface area contributed by atoms with Crippen LogP contribution in [0.15, 0.2) is 48.5 Å². The topological polar surface area (TPSA) is 92.4 Å². The Hall–Kier alpha value is -3.48. The molecule has 0 radical (unpaired) electrons. The number of aromatic nitrogens is 2. The molecule has 3 rings (SSSR count). The maximum Gasteiger partial charge on any atom is 0.342 e. The van der Waals surface area contributed by atoms with E-state index in [2.05, 4.69) is 4.98 Å². The first-order valence-electron chi connectivity index (χ1n) is 8.44. The van der Waals surface area contributed by atoms with Crippen LogP contribution in [0.3, 0.4) is 0 Å². The van der Waals surface area contributed by atoms with Crippen molar-refractivity contribution in [2.24, 2.45) is 0 Å². The number of hydrogen-bond acceptors (Lipinski definition) is 6. The molecule has 0 saturated carbocycles. The predicted octanol–water partition coefficient (Wildman–Crippen LogP) is 2.83. The van der Waals surface area contributed by atoms with E-state index in [1.807, 2.05) is 6.92 Å². The van der Waals surface area contributed by atoms with Crippen LogP contribution in [-0.4, -0.2) is 23.3 Å². The molecule has 0 unspecified atom stereocenters. The summed E-state index contributed by atoms with van der Waals surface area (Å²) in [5.74, 6) is -0.674. The number of benzene rings is 2. The molecule has 3 aromatic rings. The maximum atomic E-state index is 12.5. The van der Waals surface area contributed by atoms with E-state index < -0.39 is 11.8 Å². The number of Topliss-reactive ketones (excluding diaryl/α,β-unsaturated/α-hetero) is 1. The third kappa shape index (κ3) is 3.72. The highest BCUT2D eigenvalue weighted by Crippen LogP contribution is 2.20. The van der Waals surface area contributed by atoms with Crippen molar-refractivity contribution in [1.29, 1.82) is 0 Å². The van der Waals surface area contributed by atoms with Crippen molar-refractivity contribution in [3.05, 3.63) is 70.7 Å². The van der Waals surface area contributed by atoms with E-state index in [4.69, 9.17) is 9.47 Å². The Morgan fingerprint density at radius 3 is 2.56 bits per heavy atom. The molecule has 1 aromatic heterocycles. The van der Waals surface area contributed by atoms with E-state index in [0.29, 0.717) is 22.6 Å². The van der Waals surface area contributed by atoms with Gasteiger partial charge in [-0.2, -0.15) is 4.73 Å². The van der Waals surface area contributed by atoms with Gasteiger partial charge in [0, 0.05) is 13.0 Å². The molecule has 0 spiro atoms. The zero-order chi connectivity index (χ0) is 19.4. The number of carbonyl (C=O) groups is 2. The lowest BCUT2D eigenvalue weighted by molar-refractivity contribution is -0.580. The number of para-hydroxylation sites is 3. The molecule has 2 aromatic carbocycles. The molecule has 0 bridgehead atoms. The molecule has 7 heteroatoms. The average Bonchev–Trinajstić information content (AvgIpc) is 2.66. The zero-order valence-corrected chi connectivity index (χ0v) is 15.0. The van der Waals surface area contributed by atoms with Gasteiger partial charge in [0.2, 0.25) is 11.3 Å². The van der Waals surface area contributed by atoms with Gasteiger partial charge < -0.3 is 14.7 Å². The second-order valence-electron chi connectivity index (χ2n) is 5.75. The normalized spacial score (nSPS) is 10.6. The molecule has 0 fully saturated rings. The van der Waals surface area contributed by atoms with Gasteiger partial charge in [0.1, 0.15) is 23.4 Å². The molecule has 27 heavy (non-hydrogen) atoms. The fourth-order valence-electron chi connectivity index (χ4n) is 2.74. The summed E-state index contributed by atoms with van der Waals surface area (Å²) in [5, 5.41) is 12.5. The second kappa shape index (κ2) is 7.82. The quantitative estimate of drug-likeness (QED) is 0.288. The third-order valence-corrected chi connectivity index (χ3v) is 3.91. The summed E-state index contributed by atoms with van der Waals surface area (Å²) in [5.41, 5.74) is 0.926. The summed E-state index contributed by atoms with van der Waals surface area (Å²) < 4.78 is 11.3. The summed E-state index contributed by atoms with van der Waals surface area (Å²) in [6, 6.07) is 13.4. The monoisotopic (exact) mass is 366 g/mol. The van der Waals surface area contributed by atoms with E-state index >= 15 is 0 Å². The van der Waals surface area contributed by atoms with Crippen molar-refractivity contribution < 1.29 is 23.8 Å². The highest BCUT2D eigenvalue weighted by atomic mass is 16.5. The molecular formula is C20H18N2O5. The summed E-state index contributed by atoms with van der Waals surface area (Å²) in [6.45, 7) is 3.19. The lowest BCUT2D eigenvalue weighted by atomic mass is 10.2. The Labute approximate surface area is 155 Å². The Bertz CT molecular complexity index is 1020. The highest BCUT2D eigenvalue weighted by Gasteiger charge is 2.24. The molecular weight excluding hydrogens is 348 g/mol. The lowest BCUT2D eigenvalue weighted by Crippen LogP contribution is -2.37. The Morgan fingerprint density at radius 1 is 1.11 bits per heavy atom. The van der Waals surface area contributed by atoms with E-state index in [9.17, 15) is 14.8 Å². The first-order chi connectivity index (χ1) is 13.0. The predicted molar refractivity (Wildman–Crippen MR) is 97.4 cm³/mol. The Balaban J connectivity index is 1.92. The highest BCUT2D eigenvalue weighted by molar-refractivity contribution is 5.94. The molecule has 138 valence electrons. The summed E-state index contributed by atoms with van der Waals surface area (Å²) in [4.78, 5) is 28.7. The van der Waals surface area contributed by atoms with Crippen molar-refractivity contribution in [3.8, 4) is 5.75 Å². The number of ether oxygens (including phenoxy) is 2. The fourth-order valence-corrected chi connectivity index (χ4v) is 2.74. The molecule has 0 aliphatic carbocycles. The zero-order valence-electron chi connectivity index (χ0n) is 15.0. The number of rotatable bonds is 6. The lowest BCUT2D eigenvalue weighted by Gasteiger charge is -2.12. The van der Waals surface area contributed by atoms with Gasteiger partial charge in [-0.25, -0.2) is 9.78 Å².